The molecule has 0 bridgehead atoms. The van der Waals surface area contributed by atoms with E-state index in [0.29, 0.717) is 12.0 Å². The van der Waals surface area contributed by atoms with Crippen LogP contribution in [0.4, 0.5) is 0 Å². The SMILES string of the molecule is CCCC1CCCN(C2(CN)CCOC(C(C)C)C2)CC1. The highest BCUT2D eigenvalue weighted by atomic mass is 16.5. The third kappa shape index (κ3) is 4.20. The van der Waals surface area contributed by atoms with Gasteiger partial charge in [0.15, 0.2) is 0 Å². The predicted molar refractivity (Wildman–Crippen MR) is 89.4 cm³/mol. The van der Waals surface area contributed by atoms with Crippen molar-refractivity contribution < 1.29 is 4.74 Å². The number of rotatable bonds is 5. The number of hydrogen-bond acceptors (Lipinski definition) is 3. The van der Waals surface area contributed by atoms with E-state index in [1.54, 1.807) is 0 Å². The monoisotopic (exact) mass is 296 g/mol. The first-order valence-corrected chi connectivity index (χ1v) is 9.18. The van der Waals surface area contributed by atoms with Crippen molar-refractivity contribution in [2.45, 2.75) is 77.4 Å². The Balaban J connectivity index is 2.02. The Labute approximate surface area is 131 Å². The Morgan fingerprint density at radius 3 is 2.76 bits per heavy atom. The molecule has 0 spiro atoms. The van der Waals surface area contributed by atoms with Gasteiger partial charge in [0.25, 0.3) is 0 Å². The molecule has 2 N–H and O–H groups in total. The van der Waals surface area contributed by atoms with Crippen molar-refractivity contribution in [3.05, 3.63) is 0 Å². The van der Waals surface area contributed by atoms with Gasteiger partial charge < -0.3 is 10.5 Å². The van der Waals surface area contributed by atoms with Gasteiger partial charge in [0, 0.05) is 18.7 Å². The lowest BCUT2D eigenvalue weighted by atomic mass is 9.81. The number of nitrogens with two attached hydrogens (primary N) is 1. The minimum absolute atomic E-state index is 0.203. The normalized spacial score (nSPS) is 35.9. The maximum atomic E-state index is 6.28. The van der Waals surface area contributed by atoms with Crippen LogP contribution in [0, 0.1) is 11.8 Å². The van der Waals surface area contributed by atoms with E-state index in [9.17, 15) is 0 Å². The van der Waals surface area contributed by atoms with Crippen LogP contribution in [0.25, 0.3) is 0 Å². The van der Waals surface area contributed by atoms with E-state index in [1.165, 1.54) is 45.2 Å². The summed E-state index contributed by atoms with van der Waals surface area (Å²) < 4.78 is 6.00. The second-order valence-electron chi connectivity index (χ2n) is 7.61. The molecule has 2 heterocycles. The highest BCUT2D eigenvalue weighted by Crippen LogP contribution is 2.35. The van der Waals surface area contributed by atoms with E-state index in [-0.39, 0.29) is 5.54 Å². The molecule has 0 saturated carbocycles. The average molecular weight is 296 g/mol. The fraction of sp³-hybridized carbons (Fsp3) is 1.00. The third-order valence-electron chi connectivity index (χ3n) is 5.82. The first-order valence-electron chi connectivity index (χ1n) is 9.18. The molecule has 0 radical (unpaired) electrons. The highest BCUT2D eigenvalue weighted by Gasteiger charge is 2.41. The van der Waals surface area contributed by atoms with Gasteiger partial charge >= 0.3 is 0 Å². The summed E-state index contributed by atoms with van der Waals surface area (Å²) >= 11 is 0. The molecule has 2 fully saturated rings. The van der Waals surface area contributed by atoms with Gasteiger partial charge in [0.1, 0.15) is 0 Å². The summed E-state index contributed by atoms with van der Waals surface area (Å²) in [6.45, 7) is 11.0. The smallest absolute Gasteiger partial charge is 0.0616 e. The van der Waals surface area contributed by atoms with Crippen LogP contribution in [-0.2, 0) is 4.74 Å². The topological polar surface area (TPSA) is 38.5 Å². The van der Waals surface area contributed by atoms with Gasteiger partial charge in [-0.2, -0.15) is 0 Å². The maximum absolute atomic E-state index is 6.28. The fourth-order valence-corrected chi connectivity index (χ4v) is 4.30. The number of likely N-dealkylation sites (tertiary alicyclic amines) is 1. The predicted octanol–water partition coefficient (Wildman–Crippen LogP) is 3.42. The molecule has 0 amide bonds. The third-order valence-corrected chi connectivity index (χ3v) is 5.82. The molecule has 2 rings (SSSR count). The van der Waals surface area contributed by atoms with E-state index in [2.05, 4.69) is 25.7 Å². The quantitative estimate of drug-likeness (QED) is 0.845. The molecule has 2 saturated heterocycles. The van der Waals surface area contributed by atoms with Gasteiger partial charge in [-0.3, -0.25) is 4.90 Å². The summed E-state index contributed by atoms with van der Waals surface area (Å²) in [5.74, 6) is 1.53. The molecule has 2 aliphatic rings. The molecule has 3 atom stereocenters. The Hall–Kier alpha value is -0.120. The lowest BCUT2D eigenvalue weighted by molar-refractivity contribution is -0.0871. The fourth-order valence-electron chi connectivity index (χ4n) is 4.30. The Morgan fingerprint density at radius 1 is 1.29 bits per heavy atom. The minimum atomic E-state index is 0.203. The first kappa shape index (κ1) is 17.2. The van der Waals surface area contributed by atoms with Crippen molar-refractivity contribution in [3.8, 4) is 0 Å². The van der Waals surface area contributed by atoms with Crippen LogP contribution >= 0.6 is 0 Å². The van der Waals surface area contributed by atoms with Crippen LogP contribution in [0.1, 0.15) is 65.7 Å². The van der Waals surface area contributed by atoms with Crippen LogP contribution in [0.5, 0.6) is 0 Å². The first-order chi connectivity index (χ1) is 10.1. The van der Waals surface area contributed by atoms with Crippen LogP contribution in [-0.4, -0.2) is 42.8 Å². The average Bonchev–Trinajstić information content (AvgIpc) is 2.73. The molecular formula is C18H36N2O. The second-order valence-corrected chi connectivity index (χ2v) is 7.61. The largest absolute Gasteiger partial charge is 0.378 e. The van der Waals surface area contributed by atoms with Crippen LogP contribution < -0.4 is 5.73 Å². The molecule has 2 aliphatic heterocycles. The molecule has 3 heteroatoms. The zero-order valence-electron chi connectivity index (χ0n) is 14.4. The number of hydrogen-bond donors (Lipinski definition) is 1. The Morgan fingerprint density at radius 2 is 2.10 bits per heavy atom. The van der Waals surface area contributed by atoms with Crippen molar-refractivity contribution in [1.29, 1.82) is 0 Å². The van der Waals surface area contributed by atoms with E-state index in [0.717, 1.165) is 31.9 Å². The molecular weight excluding hydrogens is 260 g/mol. The molecule has 0 aromatic heterocycles. The van der Waals surface area contributed by atoms with Gasteiger partial charge in [-0.15, -0.1) is 0 Å². The molecule has 124 valence electrons. The standard InChI is InChI=1S/C18H36N2O/c1-4-6-16-7-5-10-20(11-8-16)18(14-19)9-12-21-17(13-18)15(2)3/h15-17H,4-14,19H2,1-3H3. The Kier molecular flexibility index (Phi) is 6.51. The van der Waals surface area contributed by atoms with Crippen molar-refractivity contribution in [1.82, 2.24) is 4.90 Å². The van der Waals surface area contributed by atoms with E-state index in [4.69, 9.17) is 10.5 Å². The zero-order chi connectivity index (χ0) is 15.3. The van der Waals surface area contributed by atoms with Crippen LogP contribution in [0.15, 0.2) is 0 Å². The molecule has 21 heavy (non-hydrogen) atoms. The second kappa shape index (κ2) is 7.94. The summed E-state index contributed by atoms with van der Waals surface area (Å²) in [6, 6.07) is 0. The number of nitrogens with zero attached hydrogens (tertiary/aromatic N) is 1. The zero-order valence-corrected chi connectivity index (χ0v) is 14.4. The summed E-state index contributed by atoms with van der Waals surface area (Å²) in [4.78, 5) is 2.74. The van der Waals surface area contributed by atoms with Gasteiger partial charge in [0.2, 0.25) is 0 Å². The van der Waals surface area contributed by atoms with Crippen LogP contribution in [0.3, 0.4) is 0 Å². The summed E-state index contributed by atoms with van der Waals surface area (Å²) in [6.07, 6.45) is 9.48. The van der Waals surface area contributed by atoms with E-state index >= 15 is 0 Å². The molecule has 3 unspecified atom stereocenters. The van der Waals surface area contributed by atoms with Gasteiger partial charge in [-0.05, 0) is 57.0 Å². The van der Waals surface area contributed by atoms with Crippen molar-refractivity contribution in [2.75, 3.05) is 26.2 Å². The maximum Gasteiger partial charge on any atom is 0.0616 e. The van der Waals surface area contributed by atoms with Gasteiger partial charge in [-0.1, -0.05) is 33.6 Å². The van der Waals surface area contributed by atoms with Gasteiger partial charge in [-0.25, -0.2) is 0 Å². The Bertz CT molecular complexity index is 308. The molecule has 0 aromatic rings. The highest BCUT2D eigenvalue weighted by molar-refractivity contribution is 4.97. The lowest BCUT2D eigenvalue weighted by Crippen LogP contribution is -2.59. The summed E-state index contributed by atoms with van der Waals surface area (Å²) in [7, 11) is 0. The van der Waals surface area contributed by atoms with E-state index < -0.39 is 0 Å². The number of ether oxygens (including phenoxy) is 1. The summed E-state index contributed by atoms with van der Waals surface area (Å²) in [5.41, 5.74) is 6.48. The van der Waals surface area contributed by atoms with Gasteiger partial charge in [0.05, 0.1) is 6.10 Å². The van der Waals surface area contributed by atoms with E-state index in [1.807, 2.05) is 0 Å². The summed E-state index contributed by atoms with van der Waals surface area (Å²) in [5, 5.41) is 0. The van der Waals surface area contributed by atoms with Crippen molar-refractivity contribution in [2.24, 2.45) is 17.6 Å². The van der Waals surface area contributed by atoms with Crippen molar-refractivity contribution in [3.63, 3.8) is 0 Å². The molecule has 0 aromatic carbocycles. The minimum Gasteiger partial charge on any atom is -0.378 e. The molecule has 3 nitrogen and oxygen atoms in total. The van der Waals surface area contributed by atoms with Crippen molar-refractivity contribution >= 4 is 0 Å². The van der Waals surface area contributed by atoms with Crippen LogP contribution in [0.2, 0.25) is 0 Å². The molecule has 0 aliphatic carbocycles. The lowest BCUT2D eigenvalue weighted by Gasteiger charge is -2.48.